The molecule has 3 fully saturated rings. The van der Waals surface area contributed by atoms with Gasteiger partial charge in [0.1, 0.15) is 89.6 Å². The Morgan fingerprint density at radius 3 is 2.47 bits per heavy atom. The van der Waals surface area contributed by atoms with E-state index in [4.69, 9.17) is 48.1 Å². The van der Waals surface area contributed by atoms with E-state index in [2.05, 4.69) is 73.5 Å². The van der Waals surface area contributed by atoms with Crippen molar-refractivity contribution >= 4 is 68.5 Å². The van der Waals surface area contributed by atoms with Crippen molar-refractivity contribution in [3.8, 4) is 46.0 Å². The van der Waals surface area contributed by atoms with Crippen molar-refractivity contribution in [2.24, 2.45) is 13.0 Å². The van der Waals surface area contributed by atoms with Gasteiger partial charge in [0.25, 0.3) is 0 Å². The van der Waals surface area contributed by atoms with Gasteiger partial charge in [0.15, 0.2) is 12.6 Å². The van der Waals surface area contributed by atoms with Crippen LogP contribution in [0.4, 0.5) is 19.0 Å². The molecule has 21 nitrogen and oxygen atoms in total. The van der Waals surface area contributed by atoms with E-state index in [9.17, 15) is 18.0 Å². The van der Waals surface area contributed by atoms with Crippen molar-refractivity contribution < 1.29 is 64.3 Å². The second kappa shape index (κ2) is 31.5. The van der Waals surface area contributed by atoms with Crippen LogP contribution in [0.25, 0.3) is 44.0 Å². The van der Waals surface area contributed by atoms with E-state index >= 15 is 13.2 Å². The van der Waals surface area contributed by atoms with Gasteiger partial charge in [-0.3, -0.25) is 19.5 Å². The number of benzene rings is 5. The summed E-state index contributed by atoms with van der Waals surface area (Å²) in [5.74, 6) is 1.66. The number of aryl methyl sites for hydroxylation is 2. The van der Waals surface area contributed by atoms with Crippen LogP contribution in [0.1, 0.15) is 128 Å². The summed E-state index contributed by atoms with van der Waals surface area (Å²) in [5, 5.41) is 13.0. The third-order valence-electron chi connectivity index (χ3n) is 21.1. The highest BCUT2D eigenvalue weighted by Gasteiger charge is 2.50. The highest BCUT2D eigenvalue weighted by molar-refractivity contribution is 7.89. The molecule has 2 unspecified atom stereocenters. The number of amides is 1. The number of para-hydroxylation sites is 1. The molecular weight excluding hydrogens is 1360 g/mol. The van der Waals surface area contributed by atoms with Crippen molar-refractivity contribution in [2.75, 3.05) is 91.1 Å². The van der Waals surface area contributed by atoms with Gasteiger partial charge in [-0.1, -0.05) is 89.1 Å². The average molecular weight is 1450 g/mol. The first-order valence-corrected chi connectivity index (χ1v) is 39.5. The third-order valence-corrected chi connectivity index (χ3v) is 29.2. The molecule has 8 aromatic rings. The van der Waals surface area contributed by atoms with E-state index in [0.29, 0.717) is 76.4 Å². The van der Waals surface area contributed by atoms with Gasteiger partial charge in [-0.05, 0) is 140 Å². The maximum absolute atomic E-state index is 18.2. The number of halogens is 3. The molecule has 0 bridgehead atoms. The number of methoxy groups -OCH3 is 1. The van der Waals surface area contributed by atoms with E-state index in [1.54, 1.807) is 61.1 Å². The first-order chi connectivity index (χ1) is 49.4. The number of nitrogens with zero attached hydrogens (tertiary/aromatic N) is 9. The Hall–Kier alpha value is -8.45. The number of anilines is 1. The van der Waals surface area contributed by atoms with Crippen LogP contribution in [0.15, 0.2) is 90.0 Å². The average Bonchev–Trinajstić information content (AvgIpc) is 1.49. The minimum atomic E-state index is -3.95. The quantitative estimate of drug-likeness (QED) is 0.0175. The maximum Gasteiger partial charge on any atom is 0.319 e. The molecule has 3 aromatic heterocycles. The topological polar surface area (TPSA) is 224 Å². The number of pyridine rings is 1. The molecule has 0 spiro atoms. The molecule has 12 rings (SSSR count). The lowest BCUT2D eigenvalue weighted by atomic mass is 9.86. The predicted octanol–water partition coefficient (Wildman–Crippen LogP) is 12.7. The molecular formula is C77H93F3N10O11SSi. The van der Waals surface area contributed by atoms with Crippen LogP contribution in [0.2, 0.25) is 16.6 Å². The van der Waals surface area contributed by atoms with Crippen molar-refractivity contribution in [2.45, 2.75) is 153 Å². The minimum Gasteiger partial charge on any atom is -0.489 e. The van der Waals surface area contributed by atoms with Gasteiger partial charge in [-0.15, -0.1) is 10.6 Å². The number of hydrogen-bond acceptors (Lipinski definition) is 18. The fourth-order valence-corrected chi connectivity index (χ4v) is 22.9. The lowest BCUT2D eigenvalue weighted by molar-refractivity contribution is -0.143. The van der Waals surface area contributed by atoms with Crippen molar-refractivity contribution in [1.82, 2.24) is 44.5 Å². The number of sulfonamides is 1. The normalized spacial score (nSPS) is 19.5. The van der Waals surface area contributed by atoms with E-state index in [0.717, 1.165) is 36.1 Å². The van der Waals surface area contributed by atoms with Crippen LogP contribution in [0.3, 0.4) is 0 Å². The van der Waals surface area contributed by atoms with E-state index in [1.165, 1.54) is 23.7 Å². The summed E-state index contributed by atoms with van der Waals surface area (Å²) >= 11 is 0. The largest absolute Gasteiger partial charge is 0.489 e. The Balaban J connectivity index is 0.762. The lowest BCUT2D eigenvalue weighted by Gasteiger charge is -2.38. The van der Waals surface area contributed by atoms with E-state index < -0.39 is 65.4 Å². The maximum atomic E-state index is 18.2. The molecule has 5 aromatic carbocycles. The highest BCUT2D eigenvalue weighted by atomic mass is 32.2. The standard InChI is InChI=1S/C77H93F3N10O11SSi/c1-12-97-68(91)38-60(52-21-20-50(8)56(33-52)43-90-41-51(9)101-65-18-13-14-19-67(65)102(90,93)94)55-35-64-73(87(10)86-85-64)66(36-55)98-31-30-96-29-26-81-75(92)54-17-15-27-88(42-54)74-62-40-82-71(70(80)72(62)83-76(84-74)99-45-77-25-16-28-89(77)44-57(78)39-77)61-37-58(100-46-95-11)34-53-22-23-63(79)59(69(53)61)24-32-103(47(2)3,48(4)5)49(6)7/h13-14,18-23,33-37,40,47-49,51,54,57,60H,12,15-17,25-31,38-39,41-46H2,1-11H3,(H,81,92)/t51-,54?,57+,60?,77-/m1/s1. The predicted molar refractivity (Wildman–Crippen MR) is 390 cm³/mol. The number of piperidine rings is 1. The van der Waals surface area contributed by atoms with E-state index in [1.807, 2.05) is 49.1 Å². The monoisotopic (exact) mass is 1450 g/mol. The Bertz CT molecular complexity index is 4630. The smallest absolute Gasteiger partial charge is 0.319 e. The van der Waals surface area contributed by atoms with Gasteiger partial charge in [-0.25, -0.2) is 26.3 Å². The Morgan fingerprint density at radius 1 is 0.893 bits per heavy atom. The number of fused-ring (bicyclic) bond motifs is 5. The summed E-state index contributed by atoms with van der Waals surface area (Å²) in [5.41, 5.74) is 8.21. The number of carbonyl (C=O) groups is 2. The van der Waals surface area contributed by atoms with Crippen LogP contribution in [-0.2, 0) is 47.4 Å². The summed E-state index contributed by atoms with van der Waals surface area (Å²) < 4.78 is 123. The van der Waals surface area contributed by atoms with Gasteiger partial charge >= 0.3 is 12.0 Å². The second-order valence-electron chi connectivity index (χ2n) is 28.6. The van der Waals surface area contributed by atoms with Gasteiger partial charge in [0.2, 0.25) is 15.9 Å². The van der Waals surface area contributed by atoms with Crippen LogP contribution < -0.4 is 29.2 Å². The molecule has 3 saturated heterocycles. The minimum absolute atomic E-state index is 0.0355. The van der Waals surface area contributed by atoms with Crippen LogP contribution in [0.5, 0.6) is 23.3 Å². The molecule has 1 amide bonds. The number of aromatic nitrogens is 6. The number of esters is 1. The molecule has 5 atom stereocenters. The molecule has 548 valence electrons. The van der Waals surface area contributed by atoms with Crippen LogP contribution in [0, 0.1) is 35.9 Å². The number of alkyl halides is 1. The van der Waals surface area contributed by atoms with Gasteiger partial charge in [0, 0.05) is 76.4 Å². The molecule has 0 aliphatic carbocycles. The number of hydrogen-bond donors (Lipinski definition) is 1. The zero-order valence-corrected chi connectivity index (χ0v) is 62.4. The molecule has 26 heteroatoms. The zero-order chi connectivity index (χ0) is 73.1. The Morgan fingerprint density at radius 2 is 1.69 bits per heavy atom. The summed E-state index contributed by atoms with van der Waals surface area (Å²) in [7, 11) is -3.10. The van der Waals surface area contributed by atoms with Crippen molar-refractivity contribution in [1.29, 1.82) is 0 Å². The molecule has 7 heterocycles. The second-order valence-corrected chi connectivity index (χ2v) is 36.1. The number of carbonyl (C=O) groups excluding carboxylic acids is 2. The molecule has 4 aliphatic heterocycles. The van der Waals surface area contributed by atoms with Crippen LogP contribution >= 0.6 is 0 Å². The van der Waals surface area contributed by atoms with Crippen molar-refractivity contribution in [3.05, 3.63) is 125 Å². The fourth-order valence-electron chi connectivity index (χ4n) is 16.0. The molecule has 0 saturated carbocycles. The highest BCUT2D eigenvalue weighted by Crippen LogP contribution is 2.45. The molecule has 103 heavy (non-hydrogen) atoms. The lowest BCUT2D eigenvalue weighted by Crippen LogP contribution is -2.44. The summed E-state index contributed by atoms with van der Waals surface area (Å²) in [6.07, 6.45) is 3.08. The Labute approximate surface area is 601 Å². The van der Waals surface area contributed by atoms with Gasteiger partial charge in [-0.2, -0.15) is 14.3 Å². The SMILES string of the molecule is CCOC(=O)CC(c1ccc(C)c(CN2C[C@@H](C)Oc3ccccc3S2(=O)=O)c1)c1cc(OCCOCCNC(=O)C2CCCN(c3nc(OC[C@]45CCCN4C[C@@H](F)C5)nc4c(F)c(-c5cc(OCOC)cc6ccc(F)c(C#C[Si](C(C)C)(C(C)C)C(C)C)c56)ncc34)C2)c2c(c1)nnn2C. The van der Waals surface area contributed by atoms with Crippen molar-refractivity contribution in [3.63, 3.8) is 0 Å². The fraction of sp³-hybridized carbons (Fsp3) is 0.494. The zero-order valence-electron chi connectivity index (χ0n) is 60.6. The first-order valence-electron chi connectivity index (χ1n) is 35.8. The summed E-state index contributed by atoms with van der Waals surface area (Å²) in [4.78, 5) is 46.4. The first kappa shape index (κ1) is 74.3. The molecule has 1 N–H and O–H groups in total. The van der Waals surface area contributed by atoms with Gasteiger partial charge < -0.3 is 43.4 Å². The number of rotatable bonds is 26. The Kier molecular flexibility index (Phi) is 22.7. The summed E-state index contributed by atoms with van der Waals surface area (Å²) in [6.45, 7) is 21.3. The van der Waals surface area contributed by atoms with Crippen LogP contribution in [-0.4, -0.2) is 172 Å². The number of nitrogens with one attached hydrogen (secondary N) is 1. The molecule has 4 aliphatic rings. The molecule has 0 radical (unpaired) electrons. The summed E-state index contributed by atoms with van der Waals surface area (Å²) in [6, 6.07) is 22.4. The van der Waals surface area contributed by atoms with E-state index in [-0.39, 0.29) is 140 Å². The third kappa shape index (κ3) is 15.4. The van der Waals surface area contributed by atoms with Gasteiger partial charge in [0.05, 0.1) is 55.2 Å². The number of ether oxygens (including phenoxy) is 7.